The average molecular weight is 310 g/mol. The van der Waals surface area contributed by atoms with Gasteiger partial charge in [0.05, 0.1) is 0 Å². The molecule has 2 nitrogen and oxygen atoms in total. The number of carbonyl (C=O) groups excluding carboxylic acids is 1. The van der Waals surface area contributed by atoms with Crippen molar-refractivity contribution >= 4 is 23.2 Å². The molecule has 1 aliphatic carbocycles. The third kappa shape index (κ3) is 2.46. The van der Waals surface area contributed by atoms with Crippen molar-refractivity contribution in [2.24, 2.45) is 0 Å². The van der Waals surface area contributed by atoms with Crippen LogP contribution in [-0.2, 0) is 4.79 Å². The molecule has 4 heteroatoms. The van der Waals surface area contributed by atoms with Crippen molar-refractivity contribution in [3.63, 3.8) is 0 Å². The number of amides is 1. The second-order valence-corrected chi connectivity index (χ2v) is 6.72. The van der Waals surface area contributed by atoms with Crippen LogP contribution < -0.4 is 4.90 Å². The van der Waals surface area contributed by atoms with Gasteiger partial charge in [0.2, 0.25) is 5.91 Å². The SMILES string of the molecule is CC1CC2(CCCCC2)N(C(=O)CCl)c2ccc(F)cc21. The van der Waals surface area contributed by atoms with Gasteiger partial charge in [-0.25, -0.2) is 4.39 Å². The molecule has 0 N–H and O–H groups in total. The maximum absolute atomic E-state index is 13.6. The highest BCUT2D eigenvalue weighted by Gasteiger charge is 2.46. The van der Waals surface area contributed by atoms with Gasteiger partial charge in [-0.1, -0.05) is 26.2 Å². The zero-order chi connectivity index (χ0) is 15.0. The third-order valence-corrected chi connectivity index (χ3v) is 5.30. The van der Waals surface area contributed by atoms with E-state index in [-0.39, 0.29) is 29.1 Å². The molecule has 1 aliphatic heterocycles. The van der Waals surface area contributed by atoms with Crippen molar-refractivity contribution in [2.45, 2.75) is 56.9 Å². The van der Waals surface area contributed by atoms with E-state index >= 15 is 0 Å². The second-order valence-electron chi connectivity index (χ2n) is 6.46. The number of hydrogen-bond donors (Lipinski definition) is 0. The lowest BCUT2D eigenvalue weighted by atomic mass is 9.70. The normalized spacial score (nSPS) is 24.0. The summed E-state index contributed by atoms with van der Waals surface area (Å²) >= 11 is 5.86. The molecule has 0 bridgehead atoms. The molecular formula is C17H21ClFNO. The van der Waals surface area contributed by atoms with Crippen molar-refractivity contribution < 1.29 is 9.18 Å². The fraction of sp³-hybridized carbons (Fsp3) is 0.588. The van der Waals surface area contributed by atoms with Gasteiger partial charge in [-0.05, 0) is 48.9 Å². The Morgan fingerprint density at radius 3 is 2.76 bits per heavy atom. The maximum Gasteiger partial charge on any atom is 0.242 e. The first kappa shape index (κ1) is 14.8. The van der Waals surface area contributed by atoms with E-state index in [0.717, 1.165) is 43.4 Å². The standard InChI is InChI=1S/C17H21ClFNO/c1-12-10-17(7-3-2-4-8-17)20(16(21)11-18)15-6-5-13(19)9-14(12)15/h5-6,9,12H,2-4,7-8,10-11H2,1H3. The predicted molar refractivity (Wildman–Crippen MR) is 83.5 cm³/mol. The molecule has 1 aromatic rings. The molecule has 1 fully saturated rings. The van der Waals surface area contributed by atoms with Gasteiger partial charge in [-0.15, -0.1) is 11.6 Å². The number of nitrogens with zero attached hydrogens (tertiary/aromatic N) is 1. The van der Waals surface area contributed by atoms with Crippen molar-refractivity contribution in [3.8, 4) is 0 Å². The molecule has 1 atom stereocenters. The second kappa shape index (κ2) is 5.60. The average Bonchev–Trinajstić information content (AvgIpc) is 2.48. The highest BCUT2D eigenvalue weighted by atomic mass is 35.5. The van der Waals surface area contributed by atoms with E-state index in [4.69, 9.17) is 11.6 Å². The lowest BCUT2D eigenvalue weighted by Crippen LogP contribution is -2.57. The number of fused-ring (bicyclic) bond motifs is 1. The van der Waals surface area contributed by atoms with Crippen LogP contribution in [0.4, 0.5) is 10.1 Å². The van der Waals surface area contributed by atoms with Gasteiger partial charge >= 0.3 is 0 Å². The minimum absolute atomic E-state index is 0.0209. The summed E-state index contributed by atoms with van der Waals surface area (Å²) in [7, 11) is 0. The minimum atomic E-state index is -0.238. The molecule has 114 valence electrons. The quantitative estimate of drug-likeness (QED) is 0.694. The lowest BCUT2D eigenvalue weighted by Gasteiger charge is -2.52. The van der Waals surface area contributed by atoms with Crippen LogP contribution in [0, 0.1) is 5.82 Å². The van der Waals surface area contributed by atoms with Gasteiger partial charge in [0, 0.05) is 11.2 Å². The monoisotopic (exact) mass is 309 g/mol. The van der Waals surface area contributed by atoms with E-state index in [1.54, 1.807) is 12.1 Å². The van der Waals surface area contributed by atoms with Crippen LogP contribution in [0.5, 0.6) is 0 Å². The van der Waals surface area contributed by atoms with Crippen LogP contribution >= 0.6 is 11.6 Å². The zero-order valence-electron chi connectivity index (χ0n) is 12.4. The summed E-state index contributed by atoms with van der Waals surface area (Å²) in [6.07, 6.45) is 6.49. The van der Waals surface area contributed by atoms with Gasteiger partial charge in [0.15, 0.2) is 0 Å². The van der Waals surface area contributed by atoms with Gasteiger partial charge in [0.25, 0.3) is 0 Å². The first-order valence-corrected chi connectivity index (χ1v) is 8.29. The largest absolute Gasteiger partial charge is 0.305 e. The first-order chi connectivity index (χ1) is 10.1. The van der Waals surface area contributed by atoms with E-state index in [1.807, 2.05) is 4.90 Å². The molecule has 2 aliphatic rings. The van der Waals surface area contributed by atoms with E-state index in [9.17, 15) is 9.18 Å². The van der Waals surface area contributed by atoms with Crippen molar-refractivity contribution in [3.05, 3.63) is 29.6 Å². The number of halogens is 2. The Hall–Kier alpha value is -1.09. The van der Waals surface area contributed by atoms with E-state index in [0.29, 0.717) is 0 Å². The van der Waals surface area contributed by atoms with Gasteiger partial charge in [-0.3, -0.25) is 4.79 Å². The zero-order valence-corrected chi connectivity index (χ0v) is 13.1. The molecule has 3 rings (SSSR count). The Bertz CT molecular complexity index is 554. The summed E-state index contributed by atoms with van der Waals surface area (Å²) in [6, 6.07) is 4.77. The fourth-order valence-corrected chi connectivity index (χ4v) is 4.37. The summed E-state index contributed by atoms with van der Waals surface area (Å²) in [5.41, 5.74) is 1.68. The van der Waals surface area contributed by atoms with Crippen molar-refractivity contribution in [1.82, 2.24) is 0 Å². The maximum atomic E-state index is 13.6. The number of hydrogen-bond acceptors (Lipinski definition) is 1. The summed E-state index contributed by atoms with van der Waals surface area (Å²) in [6.45, 7) is 2.14. The number of anilines is 1. The minimum Gasteiger partial charge on any atom is -0.305 e. The number of rotatable bonds is 1. The summed E-state index contributed by atoms with van der Waals surface area (Å²) in [5, 5.41) is 0. The molecule has 0 radical (unpaired) electrons. The summed E-state index contributed by atoms with van der Waals surface area (Å²) in [4.78, 5) is 14.4. The van der Waals surface area contributed by atoms with Gasteiger partial charge in [0.1, 0.15) is 11.7 Å². The van der Waals surface area contributed by atoms with Crippen LogP contribution in [0.1, 0.15) is 56.9 Å². The first-order valence-electron chi connectivity index (χ1n) is 7.76. The van der Waals surface area contributed by atoms with E-state index in [2.05, 4.69) is 6.92 Å². The molecule has 1 unspecified atom stereocenters. The predicted octanol–water partition coefficient (Wildman–Crippen LogP) is 4.61. The van der Waals surface area contributed by atoms with Gasteiger partial charge < -0.3 is 4.90 Å². The summed E-state index contributed by atoms with van der Waals surface area (Å²) < 4.78 is 13.6. The molecule has 1 saturated carbocycles. The molecule has 0 saturated heterocycles. The Labute approximate surface area is 130 Å². The highest BCUT2D eigenvalue weighted by molar-refractivity contribution is 6.29. The van der Waals surface area contributed by atoms with Crippen molar-refractivity contribution in [2.75, 3.05) is 10.8 Å². The third-order valence-electron chi connectivity index (χ3n) is 5.07. The molecule has 1 amide bonds. The Morgan fingerprint density at radius 2 is 2.10 bits per heavy atom. The smallest absolute Gasteiger partial charge is 0.242 e. The van der Waals surface area contributed by atoms with Crippen LogP contribution in [0.3, 0.4) is 0 Å². The van der Waals surface area contributed by atoms with Gasteiger partial charge in [-0.2, -0.15) is 0 Å². The van der Waals surface area contributed by atoms with Crippen LogP contribution in [0.2, 0.25) is 0 Å². The number of benzene rings is 1. The molecule has 1 heterocycles. The molecule has 1 spiro atoms. The van der Waals surface area contributed by atoms with E-state index < -0.39 is 0 Å². The molecule has 21 heavy (non-hydrogen) atoms. The van der Waals surface area contributed by atoms with Crippen LogP contribution in [-0.4, -0.2) is 17.3 Å². The highest BCUT2D eigenvalue weighted by Crippen LogP contribution is 2.49. The van der Waals surface area contributed by atoms with Crippen LogP contribution in [0.25, 0.3) is 0 Å². The van der Waals surface area contributed by atoms with Crippen molar-refractivity contribution in [1.29, 1.82) is 0 Å². The fourth-order valence-electron chi connectivity index (χ4n) is 4.25. The Kier molecular flexibility index (Phi) is 3.96. The number of alkyl halides is 1. The molecular weight excluding hydrogens is 289 g/mol. The van der Waals surface area contributed by atoms with Crippen LogP contribution in [0.15, 0.2) is 18.2 Å². The molecule has 1 aromatic carbocycles. The molecule has 0 aromatic heterocycles. The Morgan fingerprint density at radius 1 is 1.38 bits per heavy atom. The summed E-state index contributed by atoms with van der Waals surface area (Å²) in [5.74, 6) is -0.0441. The lowest BCUT2D eigenvalue weighted by molar-refractivity contribution is -0.118. The topological polar surface area (TPSA) is 20.3 Å². The number of carbonyl (C=O) groups is 1. The Balaban J connectivity index is 2.12. The van der Waals surface area contributed by atoms with E-state index in [1.165, 1.54) is 12.5 Å².